The summed E-state index contributed by atoms with van der Waals surface area (Å²) in [5.74, 6) is 0.641. The molecule has 1 aromatic carbocycles. The topological polar surface area (TPSA) is 57.8 Å². The van der Waals surface area contributed by atoms with E-state index in [0.29, 0.717) is 12.5 Å². The van der Waals surface area contributed by atoms with Gasteiger partial charge in [0, 0.05) is 37.8 Å². The van der Waals surface area contributed by atoms with Gasteiger partial charge in [0.2, 0.25) is 0 Å². The Morgan fingerprint density at radius 1 is 1.27 bits per heavy atom. The third-order valence-corrected chi connectivity index (χ3v) is 4.80. The molecule has 22 heavy (non-hydrogen) atoms. The largest absolute Gasteiger partial charge is 0.370 e. The second-order valence-electron chi connectivity index (χ2n) is 5.39. The minimum Gasteiger partial charge on any atom is -0.370 e. The highest BCUT2D eigenvalue weighted by Gasteiger charge is 2.19. The van der Waals surface area contributed by atoms with Crippen LogP contribution in [0.2, 0.25) is 0 Å². The van der Waals surface area contributed by atoms with Gasteiger partial charge in [0.25, 0.3) is 0 Å². The fourth-order valence-electron chi connectivity index (χ4n) is 2.55. The van der Waals surface area contributed by atoms with Crippen molar-refractivity contribution in [2.75, 3.05) is 31.1 Å². The summed E-state index contributed by atoms with van der Waals surface area (Å²) in [6.45, 7) is 6.41. The number of aliphatic imine (C=N–C) groups is 1. The van der Waals surface area contributed by atoms with Crippen molar-refractivity contribution in [3.05, 3.63) is 47.0 Å². The number of thiazole rings is 1. The van der Waals surface area contributed by atoms with Crippen LogP contribution in [-0.4, -0.2) is 42.0 Å². The number of rotatable bonds is 3. The maximum Gasteiger partial charge on any atom is 0.191 e. The van der Waals surface area contributed by atoms with Crippen LogP contribution < -0.4 is 10.6 Å². The maximum atomic E-state index is 6.15. The molecule has 0 bridgehead atoms. The van der Waals surface area contributed by atoms with Crippen molar-refractivity contribution in [3.8, 4) is 0 Å². The number of hydrogen-bond acceptors (Lipinski definition) is 4. The van der Waals surface area contributed by atoms with Gasteiger partial charge in [-0.1, -0.05) is 24.3 Å². The summed E-state index contributed by atoms with van der Waals surface area (Å²) in [6, 6.07) is 8.30. The number of hydrogen-bond donors (Lipinski definition) is 1. The predicted octanol–water partition coefficient (Wildman–Crippen LogP) is 2.09. The Morgan fingerprint density at radius 3 is 2.73 bits per heavy atom. The molecular formula is C16H21N5S. The van der Waals surface area contributed by atoms with Gasteiger partial charge in [0.05, 0.1) is 6.54 Å². The molecule has 1 aliphatic heterocycles. The molecule has 0 aliphatic carbocycles. The zero-order valence-corrected chi connectivity index (χ0v) is 13.6. The second kappa shape index (κ2) is 6.79. The molecule has 0 atom stereocenters. The van der Waals surface area contributed by atoms with E-state index in [9.17, 15) is 0 Å². The first-order chi connectivity index (χ1) is 10.7. The summed E-state index contributed by atoms with van der Waals surface area (Å²) in [5, 5.41) is 3.11. The quantitative estimate of drug-likeness (QED) is 0.696. The predicted molar refractivity (Wildman–Crippen MR) is 92.4 cm³/mol. The molecule has 116 valence electrons. The van der Waals surface area contributed by atoms with E-state index < -0.39 is 0 Å². The first-order valence-electron chi connectivity index (χ1n) is 7.48. The number of aryl methyl sites for hydroxylation is 1. The first kappa shape index (κ1) is 14.8. The normalized spacial score (nSPS) is 16.1. The molecule has 0 amide bonds. The van der Waals surface area contributed by atoms with Crippen molar-refractivity contribution in [1.29, 1.82) is 0 Å². The highest BCUT2D eigenvalue weighted by atomic mass is 32.1. The van der Waals surface area contributed by atoms with Crippen LogP contribution in [0.4, 0.5) is 5.13 Å². The Labute approximate surface area is 135 Å². The number of guanidine groups is 1. The summed E-state index contributed by atoms with van der Waals surface area (Å²) in [6.07, 6.45) is 1.85. The van der Waals surface area contributed by atoms with Crippen LogP contribution in [0.3, 0.4) is 0 Å². The van der Waals surface area contributed by atoms with Crippen LogP contribution in [0.1, 0.15) is 11.1 Å². The fraction of sp³-hybridized carbons (Fsp3) is 0.375. The number of nitrogens with zero attached hydrogens (tertiary/aromatic N) is 4. The molecule has 1 aliphatic rings. The standard InChI is InChI=1S/C16H21N5S/c1-13-4-2-3-5-14(13)12-19-15(17)20-7-9-21(10-8-20)16-18-6-11-22-16/h2-6,11H,7-10,12H2,1H3,(H2,17,19). The van der Waals surface area contributed by atoms with Crippen molar-refractivity contribution >= 4 is 22.4 Å². The molecule has 0 saturated carbocycles. The lowest BCUT2D eigenvalue weighted by Gasteiger charge is -2.35. The van der Waals surface area contributed by atoms with E-state index in [1.165, 1.54) is 11.1 Å². The minimum atomic E-state index is 0.641. The average molecular weight is 315 g/mol. The number of benzene rings is 1. The average Bonchev–Trinajstić information content (AvgIpc) is 3.08. The van der Waals surface area contributed by atoms with E-state index in [4.69, 9.17) is 5.73 Å². The van der Waals surface area contributed by atoms with Crippen molar-refractivity contribution in [2.45, 2.75) is 13.5 Å². The maximum absolute atomic E-state index is 6.15. The SMILES string of the molecule is Cc1ccccc1CN=C(N)N1CCN(c2nccs2)CC1. The number of aromatic nitrogens is 1. The lowest BCUT2D eigenvalue weighted by Crippen LogP contribution is -2.51. The van der Waals surface area contributed by atoms with Crippen molar-refractivity contribution in [1.82, 2.24) is 9.88 Å². The number of anilines is 1. The van der Waals surface area contributed by atoms with Gasteiger partial charge in [-0.25, -0.2) is 9.98 Å². The molecule has 5 nitrogen and oxygen atoms in total. The van der Waals surface area contributed by atoms with Crippen molar-refractivity contribution in [2.24, 2.45) is 10.7 Å². The molecule has 2 N–H and O–H groups in total. The monoisotopic (exact) mass is 315 g/mol. The Morgan fingerprint density at radius 2 is 2.05 bits per heavy atom. The molecule has 6 heteroatoms. The molecule has 1 aromatic heterocycles. The van der Waals surface area contributed by atoms with Gasteiger partial charge in [-0.3, -0.25) is 0 Å². The minimum absolute atomic E-state index is 0.641. The number of nitrogens with two attached hydrogens (primary N) is 1. The highest BCUT2D eigenvalue weighted by Crippen LogP contribution is 2.18. The summed E-state index contributed by atoms with van der Waals surface area (Å²) < 4.78 is 0. The smallest absolute Gasteiger partial charge is 0.191 e. The summed E-state index contributed by atoms with van der Waals surface area (Å²) in [4.78, 5) is 13.4. The van der Waals surface area contributed by atoms with Gasteiger partial charge in [-0.2, -0.15) is 0 Å². The van der Waals surface area contributed by atoms with E-state index in [1.54, 1.807) is 11.3 Å². The van der Waals surface area contributed by atoms with Gasteiger partial charge in [0.1, 0.15) is 0 Å². The number of piperazine rings is 1. The lowest BCUT2D eigenvalue weighted by molar-refractivity contribution is 0.380. The van der Waals surface area contributed by atoms with Crippen LogP contribution in [0.25, 0.3) is 0 Å². The molecule has 0 radical (unpaired) electrons. The van der Waals surface area contributed by atoms with E-state index in [0.717, 1.165) is 31.3 Å². The van der Waals surface area contributed by atoms with Crippen LogP contribution >= 0.6 is 11.3 Å². The third-order valence-electron chi connectivity index (χ3n) is 3.97. The van der Waals surface area contributed by atoms with Gasteiger partial charge >= 0.3 is 0 Å². The molecule has 1 saturated heterocycles. The molecule has 1 fully saturated rings. The lowest BCUT2D eigenvalue weighted by atomic mass is 10.1. The fourth-order valence-corrected chi connectivity index (χ4v) is 3.25. The summed E-state index contributed by atoms with van der Waals surface area (Å²) in [5.41, 5.74) is 8.64. The Bertz CT molecular complexity index is 630. The van der Waals surface area contributed by atoms with Crippen molar-refractivity contribution < 1.29 is 0 Å². The van der Waals surface area contributed by atoms with Gasteiger partial charge in [-0.05, 0) is 18.1 Å². The van der Waals surface area contributed by atoms with Gasteiger partial charge < -0.3 is 15.5 Å². The molecule has 2 aromatic rings. The van der Waals surface area contributed by atoms with E-state index >= 15 is 0 Å². The molecular weight excluding hydrogens is 294 g/mol. The summed E-state index contributed by atoms with van der Waals surface area (Å²) >= 11 is 1.68. The third kappa shape index (κ3) is 3.39. The van der Waals surface area contributed by atoms with Gasteiger partial charge in [0.15, 0.2) is 11.1 Å². The van der Waals surface area contributed by atoms with Crippen LogP contribution in [0, 0.1) is 6.92 Å². The highest BCUT2D eigenvalue weighted by molar-refractivity contribution is 7.13. The van der Waals surface area contributed by atoms with Crippen molar-refractivity contribution in [3.63, 3.8) is 0 Å². The van der Waals surface area contributed by atoms with Crippen LogP contribution in [0.15, 0.2) is 40.8 Å². The molecule has 0 unspecified atom stereocenters. The van der Waals surface area contributed by atoms with Gasteiger partial charge in [-0.15, -0.1) is 11.3 Å². The molecule has 2 heterocycles. The Kier molecular flexibility index (Phi) is 4.58. The zero-order valence-electron chi connectivity index (χ0n) is 12.8. The molecule has 0 spiro atoms. The molecule has 3 rings (SSSR count). The van der Waals surface area contributed by atoms with E-state index in [1.807, 2.05) is 23.7 Å². The Balaban J connectivity index is 1.56. The second-order valence-corrected chi connectivity index (χ2v) is 6.26. The zero-order chi connectivity index (χ0) is 15.4. The Hall–Kier alpha value is -2.08. The van der Waals surface area contributed by atoms with Crippen LogP contribution in [0.5, 0.6) is 0 Å². The van der Waals surface area contributed by atoms with E-state index in [2.05, 4.69) is 38.8 Å². The first-order valence-corrected chi connectivity index (χ1v) is 8.36. The van der Waals surface area contributed by atoms with E-state index in [-0.39, 0.29) is 0 Å². The summed E-state index contributed by atoms with van der Waals surface area (Å²) in [7, 11) is 0. The van der Waals surface area contributed by atoms with Crippen LogP contribution in [-0.2, 0) is 6.54 Å².